The maximum absolute atomic E-state index is 9.38. The Bertz CT molecular complexity index is 3190. The number of fused-ring (bicyclic) bond motifs is 4. The van der Waals surface area contributed by atoms with Crippen molar-refractivity contribution in [1.29, 1.82) is 0 Å². The summed E-state index contributed by atoms with van der Waals surface area (Å²) in [6.07, 6.45) is 0. The molecule has 0 heterocycles. The summed E-state index contributed by atoms with van der Waals surface area (Å²) >= 11 is 0. The molecule has 0 nitrogen and oxygen atoms in total. The Hall–Kier alpha value is -5.98. The first kappa shape index (κ1) is 16.4. The molecule has 9 aromatic rings. The standard InChI is InChI=1S/C46H30/c1-3-14-31(15-4-1)34-27-26-32-18-13-25-37(44(32)30-34)38-28-29-43(36-20-8-7-19-35(36)38)46-41-23-11-9-21-39(41)45(33-16-5-2-6-17-33)40-22-10-12-24-42(40)46/h1-30H/i2D,5D,6D,9D,10D,11D,12D,16D,17D,21D,22D,23D,24D. The molecule has 0 N–H and O–H groups in total. The number of hydrogen-bond acceptors (Lipinski definition) is 0. The van der Waals surface area contributed by atoms with Gasteiger partial charge in [0.15, 0.2) is 0 Å². The van der Waals surface area contributed by atoms with Gasteiger partial charge in [0.05, 0.1) is 17.8 Å². The summed E-state index contributed by atoms with van der Waals surface area (Å²) < 4.78 is 116. The Morgan fingerprint density at radius 3 is 1.57 bits per heavy atom. The first-order valence-electron chi connectivity index (χ1n) is 21.4. The zero-order valence-electron chi connectivity index (χ0n) is 37.3. The first-order chi connectivity index (χ1) is 28.2. The molecule has 9 rings (SSSR count). The molecular formula is C46H30. The van der Waals surface area contributed by atoms with Crippen molar-refractivity contribution in [2.45, 2.75) is 0 Å². The smallest absolute Gasteiger partial charge is 0.0622 e. The van der Waals surface area contributed by atoms with Crippen LogP contribution in [0, 0.1) is 0 Å². The van der Waals surface area contributed by atoms with Crippen LogP contribution in [0.15, 0.2) is 182 Å². The molecule has 0 atom stereocenters. The Kier molecular flexibility index (Phi) is 3.87. The van der Waals surface area contributed by atoms with E-state index < -0.39 is 84.1 Å². The largest absolute Gasteiger partial charge is 0.0629 e. The van der Waals surface area contributed by atoms with Crippen LogP contribution in [0.2, 0.25) is 0 Å². The van der Waals surface area contributed by atoms with Gasteiger partial charge in [-0.15, -0.1) is 0 Å². The van der Waals surface area contributed by atoms with Crippen LogP contribution in [0.1, 0.15) is 17.8 Å². The molecule has 0 heteroatoms. The lowest BCUT2D eigenvalue weighted by atomic mass is 9.83. The Morgan fingerprint density at radius 1 is 0.304 bits per heavy atom. The second kappa shape index (κ2) is 10.9. The minimum Gasteiger partial charge on any atom is -0.0622 e. The van der Waals surface area contributed by atoms with E-state index in [1.807, 2.05) is 66.7 Å². The van der Waals surface area contributed by atoms with Crippen LogP contribution >= 0.6 is 0 Å². The van der Waals surface area contributed by atoms with Gasteiger partial charge in [-0.05, 0) is 93.7 Å². The zero-order chi connectivity index (χ0) is 41.8. The van der Waals surface area contributed by atoms with Gasteiger partial charge in [-0.25, -0.2) is 0 Å². The first-order valence-corrected chi connectivity index (χ1v) is 14.9. The molecule has 46 heavy (non-hydrogen) atoms. The third-order valence-electron chi connectivity index (χ3n) is 8.60. The number of rotatable bonds is 4. The molecular weight excluding hydrogens is 553 g/mol. The van der Waals surface area contributed by atoms with Gasteiger partial charge in [-0.1, -0.05) is 176 Å². The van der Waals surface area contributed by atoms with E-state index in [1.54, 1.807) is 6.07 Å². The van der Waals surface area contributed by atoms with Crippen LogP contribution in [0.3, 0.4) is 0 Å². The van der Waals surface area contributed by atoms with Crippen molar-refractivity contribution in [2.75, 3.05) is 0 Å². The topological polar surface area (TPSA) is 0 Å². The van der Waals surface area contributed by atoms with Crippen molar-refractivity contribution in [1.82, 2.24) is 0 Å². The van der Waals surface area contributed by atoms with Crippen LogP contribution in [-0.4, -0.2) is 0 Å². The van der Waals surface area contributed by atoms with Crippen molar-refractivity contribution in [3.05, 3.63) is 182 Å². The molecule has 0 bridgehead atoms. The predicted molar refractivity (Wildman–Crippen MR) is 198 cm³/mol. The van der Waals surface area contributed by atoms with E-state index in [4.69, 9.17) is 12.3 Å². The molecule has 0 saturated carbocycles. The summed E-state index contributed by atoms with van der Waals surface area (Å²) in [4.78, 5) is 0. The highest BCUT2D eigenvalue weighted by Gasteiger charge is 2.19. The van der Waals surface area contributed by atoms with Gasteiger partial charge < -0.3 is 0 Å². The number of benzene rings is 9. The van der Waals surface area contributed by atoms with E-state index in [0.29, 0.717) is 10.9 Å². The summed E-state index contributed by atoms with van der Waals surface area (Å²) in [5, 5.41) is 2.68. The molecule has 0 unspecified atom stereocenters. The van der Waals surface area contributed by atoms with E-state index in [1.165, 1.54) is 0 Å². The molecule has 0 amide bonds. The summed E-state index contributed by atoms with van der Waals surface area (Å²) in [6.45, 7) is 0. The summed E-state index contributed by atoms with van der Waals surface area (Å²) in [5.74, 6) is 0. The lowest BCUT2D eigenvalue weighted by molar-refractivity contribution is 1.63. The van der Waals surface area contributed by atoms with Gasteiger partial charge in [0.1, 0.15) is 0 Å². The molecule has 9 aromatic carbocycles. The molecule has 0 fully saturated rings. The zero-order valence-corrected chi connectivity index (χ0v) is 24.3. The van der Waals surface area contributed by atoms with Crippen LogP contribution in [0.5, 0.6) is 0 Å². The second-order valence-electron chi connectivity index (χ2n) is 11.1. The maximum Gasteiger partial charge on any atom is 0.0629 e. The van der Waals surface area contributed by atoms with E-state index in [0.717, 1.165) is 38.4 Å². The van der Waals surface area contributed by atoms with E-state index in [2.05, 4.69) is 30.3 Å². The minimum absolute atomic E-state index is 0.0946. The van der Waals surface area contributed by atoms with E-state index in [9.17, 15) is 5.48 Å². The van der Waals surface area contributed by atoms with Crippen molar-refractivity contribution in [3.63, 3.8) is 0 Å². The SMILES string of the molecule is [2H]c1c([2H])c([2H])c(-c2c3c([2H])c([2H])c([2H])c([2H])c3c(-c3ccc(-c4cccc5ccc(-c6ccccc6)cc45)c4ccccc34)c3c([2H])c([2H])c([2H])c([2H])c23)c([2H])c1[2H]. The van der Waals surface area contributed by atoms with Gasteiger partial charge in [0.2, 0.25) is 0 Å². The lowest BCUT2D eigenvalue weighted by Crippen LogP contribution is -1.92. The Labute approximate surface area is 287 Å². The maximum atomic E-state index is 9.38. The van der Waals surface area contributed by atoms with Crippen molar-refractivity contribution >= 4 is 43.1 Å². The summed E-state index contributed by atoms with van der Waals surface area (Å²) in [5.41, 5.74) is 3.63. The van der Waals surface area contributed by atoms with Gasteiger partial charge >= 0.3 is 0 Å². The molecule has 0 aliphatic rings. The van der Waals surface area contributed by atoms with Gasteiger partial charge in [-0.2, -0.15) is 0 Å². The second-order valence-corrected chi connectivity index (χ2v) is 11.1. The van der Waals surface area contributed by atoms with Crippen LogP contribution in [0.4, 0.5) is 0 Å². The summed E-state index contributed by atoms with van der Waals surface area (Å²) in [6, 6.07) is 25.3. The van der Waals surface area contributed by atoms with Crippen LogP contribution in [-0.2, 0) is 0 Å². The van der Waals surface area contributed by atoms with Crippen LogP contribution < -0.4 is 0 Å². The fourth-order valence-corrected chi connectivity index (χ4v) is 6.59. The van der Waals surface area contributed by atoms with Gasteiger partial charge in [-0.3, -0.25) is 0 Å². The Balaban J connectivity index is 1.48. The molecule has 0 aliphatic heterocycles. The highest BCUT2D eigenvalue weighted by molar-refractivity contribution is 6.24. The van der Waals surface area contributed by atoms with Gasteiger partial charge in [0, 0.05) is 0 Å². The minimum atomic E-state index is -0.709. The predicted octanol–water partition coefficient (Wildman–Crippen LogP) is 13.0. The van der Waals surface area contributed by atoms with Crippen molar-refractivity contribution < 1.29 is 17.8 Å². The molecule has 0 aromatic heterocycles. The average Bonchev–Trinajstić information content (AvgIpc) is 3.26. The average molecular weight is 596 g/mol. The Morgan fingerprint density at radius 2 is 0.870 bits per heavy atom. The molecule has 0 aliphatic carbocycles. The summed E-state index contributed by atoms with van der Waals surface area (Å²) in [7, 11) is 0. The molecule has 214 valence electrons. The van der Waals surface area contributed by atoms with Crippen molar-refractivity contribution in [2.24, 2.45) is 0 Å². The van der Waals surface area contributed by atoms with Crippen molar-refractivity contribution in [3.8, 4) is 44.5 Å². The third-order valence-corrected chi connectivity index (χ3v) is 8.60. The van der Waals surface area contributed by atoms with Crippen LogP contribution in [0.25, 0.3) is 87.6 Å². The quantitative estimate of drug-likeness (QED) is 0.178. The monoisotopic (exact) mass is 595 g/mol. The molecule has 0 spiro atoms. The molecule has 0 saturated heterocycles. The highest BCUT2D eigenvalue weighted by Crippen LogP contribution is 2.46. The van der Waals surface area contributed by atoms with E-state index >= 15 is 0 Å². The fourth-order valence-electron chi connectivity index (χ4n) is 6.59. The van der Waals surface area contributed by atoms with Gasteiger partial charge in [0.25, 0.3) is 0 Å². The molecule has 0 radical (unpaired) electrons. The highest BCUT2D eigenvalue weighted by atomic mass is 14.2. The van der Waals surface area contributed by atoms with E-state index in [-0.39, 0.29) is 32.7 Å². The lowest BCUT2D eigenvalue weighted by Gasteiger charge is -2.20. The third kappa shape index (κ3) is 4.23. The number of hydrogen-bond donors (Lipinski definition) is 0. The fraction of sp³-hybridized carbons (Fsp3) is 0. The normalized spacial score (nSPS) is 15.4.